The molecule has 6 heteroatoms. The number of fused-ring (bicyclic) bond motifs is 1. The summed E-state index contributed by atoms with van der Waals surface area (Å²) in [6.45, 7) is 0.408. The van der Waals surface area contributed by atoms with Gasteiger partial charge in [0.2, 0.25) is 0 Å². The molecule has 0 radical (unpaired) electrons. The van der Waals surface area contributed by atoms with Crippen LogP contribution >= 0.6 is 0 Å². The second-order valence-electron chi connectivity index (χ2n) is 5.67. The summed E-state index contributed by atoms with van der Waals surface area (Å²) in [6, 6.07) is 13.7. The standard InChI is InChI=1S/C19H18FN3O2/c1-21-16-11-14(20)9-13-10-15(19(25)23-17(13)16)18(24)22-8-7-12-5-3-2-4-6-12/h2-6,9-11,21H,7-8H2,1H3,(H,22,24)(H,23,25). The van der Waals surface area contributed by atoms with E-state index in [1.807, 2.05) is 30.3 Å². The number of H-pyrrole nitrogens is 1. The van der Waals surface area contributed by atoms with Crippen LogP contribution in [-0.4, -0.2) is 24.5 Å². The Kier molecular flexibility index (Phi) is 4.79. The second-order valence-corrected chi connectivity index (χ2v) is 5.67. The summed E-state index contributed by atoms with van der Waals surface area (Å²) in [5, 5.41) is 6.01. The fraction of sp³-hybridized carbons (Fsp3) is 0.158. The van der Waals surface area contributed by atoms with Crippen LogP contribution < -0.4 is 16.2 Å². The molecule has 1 heterocycles. The van der Waals surface area contributed by atoms with Crippen molar-refractivity contribution in [2.24, 2.45) is 0 Å². The molecule has 3 aromatic rings. The average molecular weight is 339 g/mol. The summed E-state index contributed by atoms with van der Waals surface area (Å²) in [5.41, 5.74) is 1.48. The summed E-state index contributed by atoms with van der Waals surface area (Å²) in [5.74, 6) is -0.923. The molecule has 0 saturated carbocycles. The number of hydrogen-bond acceptors (Lipinski definition) is 3. The molecule has 25 heavy (non-hydrogen) atoms. The Bertz CT molecular complexity index is 968. The van der Waals surface area contributed by atoms with E-state index in [0.717, 1.165) is 5.56 Å². The van der Waals surface area contributed by atoms with E-state index in [4.69, 9.17) is 0 Å². The molecule has 0 fully saturated rings. The Hall–Kier alpha value is -3.15. The predicted octanol–water partition coefficient (Wildman–Crippen LogP) is 2.68. The molecule has 1 aromatic heterocycles. The van der Waals surface area contributed by atoms with E-state index in [-0.39, 0.29) is 5.56 Å². The van der Waals surface area contributed by atoms with Crippen molar-refractivity contribution in [1.29, 1.82) is 0 Å². The third kappa shape index (κ3) is 3.68. The average Bonchev–Trinajstić information content (AvgIpc) is 2.61. The summed E-state index contributed by atoms with van der Waals surface area (Å²) in [6.07, 6.45) is 0.663. The van der Waals surface area contributed by atoms with E-state index in [2.05, 4.69) is 15.6 Å². The summed E-state index contributed by atoms with van der Waals surface area (Å²) in [7, 11) is 1.64. The number of amides is 1. The number of pyridine rings is 1. The van der Waals surface area contributed by atoms with Crippen LogP contribution in [0.4, 0.5) is 10.1 Å². The van der Waals surface area contributed by atoms with Gasteiger partial charge >= 0.3 is 0 Å². The van der Waals surface area contributed by atoms with Crippen molar-refractivity contribution in [2.45, 2.75) is 6.42 Å². The van der Waals surface area contributed by atoms with Crippen LogP contribution in [0.15, 0.2) is 53.3 Å². The Morgan fingerprint density at radius 2 is 1.92 bits per heavy atom. The number of hydrogen-bond donors (Lipinski definition) is 3. The van der Waals surface area contributed by atoms with Crippen LogP contribution in [0, 0.1) is 5.82 Å². The first kappa shape index (κ1) is 16.7. The minimum absolute atomic E-state index is 0.0341. The molecule has 0 spiro atoms. The smallest absolute Gasteiger partial charge is 0.261 e. The highest BCUT2D eigenvalue weighted by molar-refractivity contribution is 5.99. The molecule has 0 aliphatic heterocycles. The molecule has 5 nitrogen and oxygen atoms in total. The van der Waals surface area contributed by atoms with E-state index in [1.165, 1.54) is 18.2 Å². The number of halogens is 1. The van der Waals surface area contributed by atoms with Crippen molar-refractivity contribution < 1.29 is 9.18 Å². The molecule has 0 aliphatic carbocycles. The van der Waals surface area contributed by atoms with Gasteiger partial charge in [-0.25, -0.2) is 4.39 Å². The lowest BCUT2D eigenvalue weighted by Gasteiger charge is -2.09. The fourth-order valence-electron chi connectivity index (χ4n) is 2.71. The summed E-state index contributed by atoms with van der Waals surface area (Å²) >= 11 is 0. The van der Waals surface area contributed by atoms with E-state index in [9.17, 15) is 14.0 Å². The number of nitrogens with one attached hydrogen (secondary N) is 3. The molecule has 128 valence electrons. The number of anilines is 1. The van der Waals surface area contributed by atoms with Crippen molar-refractivity contribution >= 4 is 22.5 Å². The van der Waals surface area contributed by atoms with E-state index < -0.39 is 17.3 Å². The number of rotatable bonds is 5. The molecule has 0 atom stereocenters. The van der Waals surface area contributed by atoms with Crippen molar-refractivity contribution in [1.82, 2.24) is 10.3 Å². The minimum Gasteiger partial charge on any atom is -0.386 e. The Balaban J connectivity index is 1.81. The molecular weight excluding hydrogens is 321 g/mol. The van der Waals surface area contributed by atoms with Gasteiger partial charge in [-0.15, -0.1) is 0 Å². The Morgan fingerprint density at radius 3 is 2.64 bits per heavy atom. The molecule has 3 rings (SSSR count). The van der Waals surface area contributed by atoms with Crippen LogP contribution in [0.25, 0.3) is 10.9 Å². The van der Waals surface area contributed by atoms with Crippen molar-refractivity contribution in [3.63, 3.8) is 0 Å². The normalized spacial score (nSPS) is 10.6. The van der Waals surface area contributed by atoms with Gasteiger partial charge in [-0.3, -0.25) is 9.59 Å². The lowest BCUT2D eigenvalue weighted by Crippen LogP contribution is -2.31. The van der Waals surface area contributed by atoms with Crippen molar-refractivity contribution in [3.05, 3.63) is 75.8 Å². The largest absolute Gasteiger partial charge is 0.386 e. The van der Waals surface area contributed by atoms with E-state index in [1.54, 1.807) is 7.05 Å². The zero-order valence-electron chi connectivity index (χ0n) is 13.7. The monoisotopic (exact) mass is 339 g/mol. The quantitative estimate of drug-likeness (QED) is 0.669. The topological polar surface area (TPSA) is 74.0 Å². The number of carbonyl (C=O) groups is 1. The summed E-state index contributed by atoms with van der Waals surface area (Å²) in [4.78, 5) is 27.2. The van der Waals surface area contributed by atoms with Gasteiger partial charge in [0.15, 0.2) is 0 Å². The van der Waals surface area contributed by atoms with Gasteiger partial charge in [-0.2, -0.15) is 0 Å². The first-order valence-electron chi connectivity index (χ1n) is 7.95. The Labute approximate surface area is 143 Å². The molecule has 2 aromatic carbocycles. The van der Waals surface area contributed by atoms with Gasteiger partial charge in [0.05, 0.1) is 11.2 Å². The molecule has 0 unspecified atom stereocenters. The maximum atomic E-state index is 13.7. The number of carbonyl (C=O) groups excluding carboxylic acids is 1. The van der Waals surface area contributed by atoms with Gasteiger partial charge in [0, 0.05) is 19.0 Å². The zero-order chi connectivity index (χ0) is 17.8. The highest BCUT2D eigenvalue weighted by Gasteiger charge is 2.13. The first-order valence-corrected chi connectivity index (χ1v) is 7.95. The van der Waals surface area contributed by atoms with E-state index >= 15 is 0 Å². The lowest BCUT2D eigenvalue weighted by molar-refractivity contribution is 0.0953. The van der Waals surface area contributed by atoms with Crippen molar-refractivity contribution in [2.75, 3.05) is 18.9 Å². The molecule has 1 amide bonds. The van der Waals surface area contributed by atoms with Crippen LogP contribution in [0.3, 0.4) is 0 Å². The maximum Gasteiger partial charge on any atom is 0.261 e. The van der Waals surface area contributed by atoms with Gasteiger partial charge in [0.1, 0.15) is 11.4 Å². The highest BCUT2D eigenvalue weighted by Crippen LogP contribution is 2.22. The fourth-order valence-corrected chi connectivity index (χ4v) is 2.71. The molecule has 3 N–H and O–H groups in total. The molecule has 0 aliphatic rings. The first-order chi connectivity index (χ1) is 12.1. The van der Waals surface area contributed by atoms with Crippen LogP contribution in [0.1, 0.15) is 15.9 Å². The van der Waals surface area contributed by atoms with Crippen LogP contribution in [0.2, 0.25) is 0 Å². The van der Waals surface area contributed by atoms with Crippen LogP contribution in [-0.2, 0) is 6.42 Å². The number of aromatic nitrogens is 1. The second kappa shape index (κ2) is 7.17. The third-order valence-corrected chi connectivity index (χ3v) is 3.97. The van der Waals surface area contributed by atoms with Gasteiger partial charge in [-0.05, 0) is 30.2 Å². The van der Waals surface area contributed by atoms with Gasteiger partial charge in [0.25, 0.3) is 11.5 Å². The highest BCUT2D eigenvalue weighted by atomic mass is 19.1. The molecular formula is C19H18FN3O2. The minimum atomic E-state index is -0.507. The predicted molar refractivity (Wildman–Crippen MR) is 96.6 cm³/mol. The van der Waals surface area contributed by atoms with Gasteiger partial charge in [-0.1, -0.05) is 30.3 Å². The molecule has 0 bridgehead atoms. The SMILES string of the molecule is CNc1cc(F)cc2cc(C(=O)NCCc3ccccc3)c(=O)[nH]c12. The molecule has 0 saturated heterocycles. The third-order valence-electron chi connectivity index (χ3n) is 3.97. The lowest BCUT2D eigenvalue weighted by atomic mass is 10.1. The van der Waals surface area contributed by atoms with Crippen LogP contribution in [0.5, 0.6) is 0 Å². The number of aromatic amines is 1. The summed E-state index contributed by atoms with van der Waals surface area (Å²) < 4.78 is 13.7. The van der Waals surface area contributed by atoms with E-state index in [0.29, 0.717) is 29.6 Å². The zero-order valence-corrected chi connectivity index (χ0v) is 13.7. The van der Waals surface area contributed by atoms with Crippen molar-refractivity contribution in [3.8, 4) is 0 Å². The van der Waals surface area contributed by atoms with Gasteiger partial charge < -0.3 is 15.6 Å². The maximum absolute atomic E-state index is 13.7. The number of benzene rings is 2. The Morgan fingerprint density at radius 1 is 1.16 bits per heavy atom.